The standard InChI is InChI=1S/C10H14N2/c1-3-5-9(11)10-7-4-6-8(2)12-10/h3-4,6-7,9H,1,5,11H2,2H3/t9-/m0/s1. The maximum Gasteiger partial charge on any atom is 0.0577 e. The Hall–Kier alpha value is -1.15. The number of aromatic nitrogens is 1. The van der Waals surface area contributed by atoms with Crippen molar-refractivity contribution in [2.24, 2.45) is 5.73 Å². The summed E-state index contributed by atoms with van der Waals surface area (Å²) >= 11 is 0. The van der Waals surface area contributed by atoms with Crippen molar-refractivity contribution in [3.05, 3.63) is 42.2 Å². The predicted molar refractivity (Wildman–Crippen MR) is 50.7 cm³/mol. The average molecular weight is 162 g/mol. The number of nitrogens with zero attached hydrogens (tertiary/aromatic N) is 1. The van der Waals surface area contributed by atoms with E-state index < -0.39 is 0 Å². The van der Waals surface area contributed by atoms with Crippen LogP contribution in [0.1, 0.15) is 23.9 Å². The third-order valence-electron chi connectivity index (χ3n) is 1.71. The van der Waals surface area contributed by atoms with Crippen molar-refractivity contribution in [1.29, 1.82) is 0 Å². The molecule has 1 heterocycles. The summed E-state index contributed by atoms with van der Waals surface area (Å²) in [7, 11) is 0. The Morgan fingerprint density at radius 2 is 2.42 bits per heavy atom. The molecule has 64 valence electrons. The molecule has 1 aromatic heterocycles. The second-order valence-corrected chi connectivity index (χ2v) is 2.83. The van der Waals surface area contributed by atoms with Crippen LogP contribution in [0.3, 0.4) is 0 Å². The average Bonchev–Trinajstić information content (AvgIpc) is 2.05. The summed E-state index contributed by atoms with van der Waals surface area (Å²) < 4.78 is 0. The summed E-state index contributed by atoms with van der Waals surface area (Å²) in [4.78, 5) is 4.32. The highest BCUT2D eigenvalue weighted by atomic mass is 14.8. The molecule has 0 saturated carbocycles. The minimum absolute atomic E-state index is 0.0117. The van der Waals surface area contributed by atoms with Crippen LogP contribution in [-0.2, 0) is 0 Å². The number of aryl methyl sites for hydroxylation is 1. The molecule has 0 aliphatic rings. The van der Waals surface area contributed by atoms with Crippen LogP contribution in [-0.4, -0.2) is 4.98 Å². The van der Waals surface area contributed by atoms with Crippen LogP contribution in [0.15, 0.2) is 30.9 Å². The largest absolute Gasteiger partial charge is 0.322 e. The van der Waals surface area contributed by atoms with E-state index in [-0.39, 0.29) is 6.04 Å². The molecule has 0 unspecified atom stereocenters. The van der Waals surface area contributed by atoms with Gasteiger partial charge in [-0.1, -0.05) is 12.1 Å². The molecule has 1 aromatic rings. The Bertz CT molecular complexity index is 268. The molecule has 0 amide bonds. The molecule has 0 spiro atoms. The van der Waals surface area contributed by atoms with E-state index in [2.05, 4.69) is 11.6 Å². The van der Waals surface area contributed by atoms with E-state index >= 15 is 0 Å². The number of pyridine rings is 1. The monoisotopic (exact) mass is 162 g/mol. The molecule has 1 atom stereocenters. The lowest BCUT2D eigenvalue weighted by atomic mass is 10.1. The van der Waals surface area contributed by atoms with Gasteiger partial charge >= 0.3 is 0 Å². The van der Waals surface area contributed by atoms with Gasteiger partial charge in [0, 0.05) is 5.69 Å². The molecule has 0 aliphatic heterocycles. The van der Waals surface area contributed by atoms with Crippen LogP contribution in [0.5, 0.6) is 0 Å². The van der Waals surface area contributed by atoms with Crippen molar-refractivity contribution in [3.8, 4) is 0 Å². The highest BCUT2D eigenvalue weighted by molar-refractivity contribution is 5.13. The minimum atomic E-state index is -0.0117. The molecular formula is C10H14N2. The second kappa shape index (κ2) is 4.02. The molecule has 2 heteroatoms. The van der Waals surface area contributed by atoms with Gasteiger partial charge in [0.2, 0.25) is 0 Å². The zero-order chi connectivity index (χ0) is 8.97. The molecular weight excluding hydrogens is 148 g/mol. The molecule has 0 aromatic carbocycles. The smallest absolute Gasteiger partial charge is 0.0577 e. The molecule has 2 nitrogen and oxygen atoms in total. The first-order valence-electron chi connectivity index (χ1n) is 4.04. The Morgan fingerprint density at radius 3 is 3.00 bits per heavy atom. The fourth-order valence-electron chi connectivity index (χ4n) is 1.07. The molecule has 1 rings (SSSR count). The zero-order valence-electron chi connectivity index (χ0n) is 7.33. The summed E-state index contributed by atoms with van der Waals surface area (Å²) in [6.07, 6.45) is 2.59. The Morgan fingerprint density at radius 1 is 1.67 bits per heavy atom. The van der Waals surface area contributed by atoms with E-state index in [0.29, 0.717) is 0 Å². The third-order valence-corrected chi connectivity index (χ3v) is 1.71. The van der Waals surface area contributed by atoms with E-state index in [0.717, 1.165) is 17.8 Å². The number of nitrogens with two attached hydrogens (primary N) is 1. The lowest BCUT2D eigenvalue weighted by Gasteiger charge is -2.08. The van der Waals surface area contributed by atoms with Crippen molar-refractivity contribution >= 4 is 0 Å². The van der Waals surface area contributed by atoms with Gasteiger partial charge < -0.3 is 5.73 Å². The van der Waals surface area contributed by atoms with E-state index in [1.807, 2.05) is 31.2 Å². The van der Waals surface area contributed by atoms with E-state index in [9.17, 15) is 0 Å². The van der Waals surface area contributed by atoms with Gasteiger partial charge in [-0.3, -0.25) is 4.98 Å². The molecule has 0 aliphatic carbocycles. The van der Waals surface area contributed by atoms with Gasteiger partial charge in [-0.05, 0) is 25.5 Å². The Balaban J connectivity index is 2.80. The highest BCUT2D eigenvalue weighted by Crippen LogP contribution is 2.11. The van der Waals surface area contributed by atoms with E-state index in [1.165, 1.54) is 0 Å². The third kappa shape index (κ3) is 2.17. The number of hydrogen-bond acceptors (Lipinski definition) is 2. The molecule has 0 radical (unpaired) electrons. The summed E-state index contributed by atoms with van der Waals surface area (Å²) in [6, 6.07) is 5.87. The molecule has 12 heavy (non-hydrogen) atoms. The van der Waals surface area contributed by atoms with Crippen LogP contribution in [0.2, 0.25) is 0 Å². The predicted octanol–water partition coefficient (Wildman–Crippen LogP) is 1.97. The van der Waals surface area contributed by atoms with Gasteiger partial charge in [-0.15, -0.1) is 6.58 Å². The van der Waals surface area contributed by atoms with Crippen molar-refractivity contribution in [2.45, 2.75) is 19.4 Å². The second-order valence-electron chi connectivity index (χ2n) is 2.83. The van der Waals surface area contributed by atoms with E-state index in [4.69, 9.17) is 5.73 Å². The van der Waals surface area contributed by atoms with Crippen LogP contribution >= 0.6 is 0 Å². The van der Waals surface area contributed by atoms with Crippen LogP contribution in [0.25, 0.3) is 0 Å². The van der Waals surface area contributed by atoms with Gasteiger partial charge in [0.1, 0.15) is 0 Å². The normalized spacial score (nSPS) is 12.5. The highest BCUT2D eigenvalue weighted by Gasteiger charge is 2.03. The summed E-state index contributed by atoms with van der Waals surface area (Å²) in [5.41, 5.74) is 7.79. The minimum Gasteiger partial charge on any atom is -0.322 e. The fourth-order valence-corrected chi connectivity index (χ4v) is 1.07. The quantitative estimate of drug-likeness (QED) is 0.690. The molecule has 2 N–H and O–H groups in total. The Kier molecular flexibility index (Phi) is 3.00. The maximum absolute atomic E-state index is 5.84. The number of rotatable bonds is 3. The topological polar surface area (TPSA) is 38.9 Å². The molecule has 0 bridgehead atoms. The molecule has 0 fully saturated rings. The van der Waals surface area contributed by atoms with E-state index in [1.54, 1.807) is 0 Å². The van der Waals surface area contributed by atoms with Crippen LogP contribution < -0.4 is 5.73 Å². The zero-order valence-corrected chi connectivity index (χ0v) is 7.33. The first kappa shape index (κ1) is 8.94. The van der Waals surface area contributed by atoms with Crippen LogP contribution in [0, 0.1) is 6.92 Å². The van der Waals surface area contributed by atoms with Gasteiger partial charge in [0.15, 0.2) is 0 Å². The number of hydrogen-bond donors (Lipinski definition) is 1. The lowest BCUT2D eigenvalue weighted by Crippen LogP contribution is -2.11. The maximum atomic E-state index is 5.84. The van der Waals surface area contributed by atoms with Crippen molar-refractivity contribution in [2.75, 3.05) is 0 Å². The Labute approximate surface area is 73.1 Å². The van der Waals surface area contributed by atoms with Gasteiger partial charge in [0.25, 0.3) is 0 Å². The van der Waals surface area contributed by atoms with Crippen molar-refractivity contribution in [1.82, 2.24) is 4.98 Å². The molecule has 0 saturated heterocycles. The summed E-state index contributed by atoms with van der Waals surface area (Å²) in [5.74, 6) is 0. The lowest BCUT2D eigenvalue weighted by molar-refractivity contribution is 0.710. The summed E-state index contributed by atoms with van der Waals surface area (Å²) in [5, 5.41) is 0. The fraction of sp³-hybridized carbons (Fsp3) is 0.300. The first-order chi connectivity index (χ1) is 5.74. The van der Waals surface area contributed by atoms with Gasteiger partial charge in [-0.25, -0.2) is 0 Å². The van der Waals surface area contributed by atoms with Crippen LogP contribution in [0.4, 0.5) is 0 Å². The SMILES string of the molecule is C=CC[C@H](N)c1cccc(C)n1. The van der Waals surface area contributed by atoms with Gasteiger partial charge in [-0.2, -0.15) is 0 Å². The summed E-state index contributed by atoms with van der Waals surface area (Å²) in [6.45, 7) is 5.60. The first-order valence-corrected chi connectivity index (χ1v) is 4.04. The van der Waals surface area contributed by atoms with Crippen molar-refractivity contribution < 1.29 is 0 Å². The van der Waals surface area contributed by atoms with Gasteiger partial charge in [0.05, 0.1) is 11.7 Å². The van der Waals surface area contributed by atoms with Crippen molar-refractivity contribution in [3.63, 3.8) is 0 Å².